The van der Waals surface area contributed by atoms with Gasteiger partial charge in [-0.25, -0.2) is 4.98 Å². The normalized spacial score (nSPS) is 15.4. The maximum Gasteiger partial charge on any atom is 0.191 e. The summed E-state index contributed by atoms with van der Waals surface area (Å²) in [6.45, 7) is 7.92. The van der Waals surface area contributed by atoms with Crippen LogP contribution in [0.25, 0.3) is 0 Å². The average Bonchev–Trinajstić information content (AvgIpc) is 3.09. The van der Waals surface area contributed by atoms with Crippen molar-refractivity contribution < 1.29 is 0 Å². The van der Waals surface area contributed by atoms with Gasteiger partial charge in [0.25, 0.3) is 0 Å². The number of rotatable bonds is 9. The predicted octanol–water partition coefficient (Wildman–Crippen LogP) is 4.23. The van der Waals surface area contributed by atoms with Gasteiger partial charge in [-0.15, -0.1) is 24.0 Å². The third-order valence-corrected chi connectivity index (χ3v) is 5.72. The highest BCUT2D eigenvalue weighted by atomic mass is 127. The summed E-state index contributed by atoms with van der Waals surface area (Å²) in [6.07, 6.45) is 10.1. The fourth-order valence-electron chi connectivity index (χ4n) is 3.67. The second-order valence-corrected chi connectivity index (χ2v) is 7.54. The smallest absolute Gasteiger partial charge is 0.191 e. The fourth-order valence-corrected chi connectivity index (χ4v) is 3.67. The Bertz CT molecular complexity index is 716. The van der Waals surface area contributed by atoms with Crippen molar-refractivity contribution in [2.24, 2.45) is 10.4 Å². The fraction of sp³-hybridized carbons (Fsp3) is 0.545. The number of aromatic nitrogens is 2. The molecular formula is C22H34IN5. The summed E-state index contributed by atoms with van der Waals surface area (Å²) in [4.78, 5) is 9.39. The van der Waals surface area contributed by atoms with E-state index in [-0.39, 0.29) is 24.0 Å². The van der Waals surface area contributed by atoms with Crippen LogP contribution >= 0.6 is 24.0 Å². The Hall–Kier alpha value is -1.57. The van der Waals surface area contributed by atoms with Gasteiger partial charge >= 0.3 is 0 Å². The zero-order chi connectivity index (χ0) is 19.0. The Morgan fingerprint density at radius 3 is 2.61 bits per heavy atom. The van der Waals surface area contributed by atoms with E-state index >= 15 is 0 Å². The minimum absolute atomic E-state index is 0. The average molecular weight is 495 g/mol. The molecule has 1 fully saturated rings. The maximum absolute atomic E-state index is 4.85. The molecule has 5 nitrogen and oxygen atoms in total. The Morgan fingerprint density at radius 1 is 1.18 bits per heavy atom. The topological polar surface area (TPSA) is 54.2 Å². The van der Waals surface area contributed by atoms with E-state index in [1.165, 1.54) is 31.2 Å². The third-order valence-electron chi connectivity index (χ3n) is 5.72. The Kier molecular flexibility index (Phi) is 9.28. The number of nitrogens with zero attached hydrogens (tertiary/aromatic N) is 3. The predicted molar refractivity (Wildman–Crippen MR) is 127 cm³/mol. The van der Waals surface area contributed by atoms with Crippen LogP contribution in [0.3, 0.4) is 0 Å². The lowest BCUT2D eigenvalue weighted by atomic mass is 9.67. The van der Waals surface area contributed by atoms with Crippen LogP contribution in [0.5, 0.6) is 0 Å². The van der Waals surface area contributed by atoms with Gasteiger partial charge in [-0.1, -0.05) is 43.7 Å². The molecule has 0 saturated heterocycles. The highest BCUT2D eigenvalue weighted by Crippen LogP contribution is 2.43. The number of hydrogen-bond donors (Lipinski definition) is 2. The van der Waals surface area contributed by atoms with Crippen LogP contribution in [0, 0.1) is 5.41 Å². The molecule has 1 heterocycles. The van der Waals surface area contributed by atoms with Crippen LogP contribution in [0.15, 0.2) is 47.7 Å². The molecule has 1 saturated carbocycles. The number of halogens is 1. The Morgan fingerprint density at radius 2 is 1.96 bits per heavy atom. The molecule has 1 aromatic heterocycles. The number of hydrogen-bond acceptors (Lipinski definition) is 2. The number of nitrogens with one attached hydrogen (secondary N) is 2. The molecule has 0 spiro atoms. The van der Waals surface area contributed by atoms with Crippen LogP contribution in [0.4, 0.5) is 0 Å². The largest absolute Gasteiger partial charge is 0.357 e. The first-order chi connectivity index (χ1) is 13.2. The van der Waals surface area contributed by atoms with Crippen molar-refractivity contribution in [3.05, 3.63) is 54.1 Å². The lowest BCUT2D eigenvalue weighted by molar-refractivity contribution is 0.139. The molecule has 6 heteroatoms. The van der Waals surface area contributed by atoms with Gasteiger partial charge in [0.1, 0.15) is 5.82 Å². The monoisotopic (exact) mass is 495 g/mol. The highest BCUT2D eigenvalue weighted by Gasteiger charge is 2.34. The van der Waals surface area contributed by atoms with Gasteiger partial charge in [0.05, 0.1) is 0 Å². The summed E-state index contributed by atoms with van der Waals surface area (Å²) in [6, 6.07) is 10.5. The summed E-state index contributed by atoms with van der Waals surface area (Å²) >= 11 is 0. The molecule has 2 N–H and O–H groups in total. The van der Waals surface area contributed by atoms with Gasteiger partial charge in [-0.3, -0.25) is 4.99 Å². The van der Waals surface area contributed by atoms with E-state index in [1.807, 2.05) is 6.20 Å². The summed E-state index contributed by atoms with van der Waals surface area (Å²) < 4.78 is 2.22. The second-order valence-electron chi connectivity index (χ2n) is 7.54. The Labute approximate surface area is 186 Å². The molecule has 1 aliphatic rings. The summed E-state index contributed by atoms with van der Waals surface area (Å²) in [5, 5.41) is 6.85. The van der Waals surface area contributed by atoms with E-state index in [9.17, 15) is 0 Å². The van der Waals surface area contributed by atoms with Crippen molar-refractivity contribution in [1.82, 2.24) is 20.2 Å². The van der Waals surface area contributed by atoms with Crippen molar-refractivity contribution in [3.8, 4) is 0 Å². The van der Waals surface area contributed by atoms with Crippen molar-refractivity contribution >= 4 is 29.9 Å². The Balaban J connectivity index is 0.00000280. The van der Waals surface area contributed by atoms with Gasteiger partial charge in [0.2, 0.25) is 0 Å². The standard InChI is InChI=1S/C22H33N5.HI/c1-3-22(12-8-13-22)18-26-21(23-4-2)25-14-11-20-24-15-16-27(20)17-19-9-6-5-7-10-19;/h5-7,9-10,15-16H,3-4,8,11-14,17-18H2,1-2H3,(H2,23,25,26);1H. The summed E-state index contributed by atoms with van der Waals surface area (Å²) in [5.41, 5.74) is 1.75. The van der Waals surface area contributed by atoms with Crippen LogP contribution < -0.4 is 10.6 Å². The quantitative estimate of drug-likeness (QED) is 0.311. The molecule has 28 heavy (non-hydrogen) atoms. The summed E-state index contributed by atoms with van der Waals surface area (Å²) in [5.74, 6) is 2.03. The molecular weight excluding hydrogens is 461 g/mol. The zero-order valence-electron chi connectivity index (χ0n) is 17.2. The molecule has 3 rings (SSSR count). The number of imidazole rings is 1. The molecule has 0 unspecified atom stereocenters. The first kappa shape index (κ1) is 22.7. The highest BCUT2D eigenvalue weighted by molar-refractivity contribution is 14.0. The molecule has 0 aliphatic heterocycles. The van der Waals surface area contributed by atoms with Gasteiger partial charge in [-0.2, -0.15) is 0 Å². The molecule has 0 bridgehead atoms. The zero-order valence-corrected chi connectivity index (χ0v) is 19.5. The molecule has 1 aliphatic carbocycles. The van der Waals surface area contributed by atoms with E-state index in [1.54, 1.807) is 0 Å². The van der Waals surface area contributed by atoms with Gasteiger partial charge in [-0.05, 0) is 37.2 Å². The lowest BCUT2D eigenvalue weighted by Crippen LogP contribution is -2.40. The van der Waals surface area contributed by atoms with Crippen LogP contribution in [0.2, 0.25) is 0 Å². The van der Waals surface area contributed by atoms with Crippen LogP contribution in [-0.4, -0.2) is 35.1 Å². The lowest BCUT2D eigenvalue weighted by Gasteiger charge is -2.40. The first-order valence-electron chi connectivity index (χ1n) is 10.3. The molecule has 154 valence electrons. The minimum Gasteiger partial charge on any atom is -0.357 e. The van der Waals surface area contributed by atoms with E-state index < -0.39 is 0 Å². The third kappa shape index (κ3) is 6.22. The van der Waals surface area contributed by atoms with E-state index in [0.717, 1.165) is 44.4 Å². The van der Waals surface area contributed by atoms with Crippen molar-refractivity contribution in [2.75, 3.05) is 19.6 Å². The first-order valence-corrected chi connectivity index (χ1v) is 10.3. The van der Waals surface area contributed by atoms with Crippen molar-refractivity contribution in [2.45, 2.75) is 52.5 Å². The molecule has 0 atom stereocenters. The molecule has 0 amide bonds. The van der Waals surface area contributed by atoms with E-state index in [4.69, 9.17) is 4.99 Å². The SMILES string of the molecule is CCNC(=NCC1(CC)CCC1)NCCc1nccn1Cc1ccccc1.I. The van der Waals surface area contributed by atoms with Gasteiger partial charge in [0.15, 0.2) is 5.96 Å². The van der Waals surface area contributed by atoms with E-state index in [2.05, 4.69) is 70.6 Å². The molecule has 2 aromatic rings. The molecule has 1 aromatic carbocycles. The number of aliphatic imine (C=N–C) groups is 1. The molecule has 0 radical (unpaired) electrons. The summed E-state index contributed by atoms with van der Waals surface area (Å²) in [7, 11) is 0. The van der Waals surface area contributed by atoms with Gasteiger partial charge < -0.3 is 15.2 Å². The minimum atomic E-state index is 0. The van der Waals surface area contributed by atoms with Gasteiger partial charge in [0, 0.05) is 45.0 Å². The van der Waals surface area contributed by atoms with E-state index in [0.29, 0.717) is 5.41 Å². The van der Waals surface area contributed by atoms with Crippen molar-refractivity contribution in [3.63, 3.8) is 0 Å². The van der Waals surface area contributed by atoms with Crippen LogP contribution in [0.1, 0.15) is 50.9 Å². The maximum atomic E-state index is 4.85. The number of guanidine groups is 1. The van der Waals surface area contributed by atoms with Crippen LogP contribution in [-0.2, 0) is 13.0 Å². The second kappa shape index (κ2) is 11.4. The number of benzene rings is 1. The van der Waals surface area contributed by atoms with Crippen molar-refractivity contribution in [1.29, 1.82) is 0 Å².